The van der Waals surface area contributed by atoms with Gasteiger partial charge >= 0.3 is 5.97 Å². The summed E-state index contributed by atoms with van der Waals surface area (Å²) < 4.78 is 31.0. The Bertz CT molecular complexity index is 927. The quantitative estimate of drug-likeness (QED) is 0.483. The topological polar surface area (TPSA) is 92.8 Å². The number of benzene rings is 2. The summed E-state index contributed by atoms with van der Waals surface area (Å²) in [5.41, 5.74) is 0. The second-order valence-electron chi connectivity index (χ2n) is 6.51. The summed E-state index contributed by atoms with van der Waals surface area (Å²) in [6.45, 7) is 0.182. The largest absolute Gasteiger partial charge is 0.469 e. The first-order valence-corrected chi connectivity index (χ1v) is 10.6. The third-order valence-corrected chi connectivity index (χ3v) is 6.20. The number of methoxy groups -OCH3 is 1. The number of amides is 1. The average Bonchev–Trinajstić information content (AvgIpc) is 2.69. The molecule has 28 heavy (non-hydrogen) atoms. The summed E-state index contributed by atoms with van der Waals surface area (Å²) in [6.07, 6.45) is 2.54. The fourth-order valence-electron chi connectivity index (χ4n) is 2.75. The van der Waals surface area contributed by atoms with E-state index in [0.717, 1.165) is 21.5 Å². The normalized spacial score (nSPS) is 11.5. The van der Waals surface area contributed by atoms with Gasteiger partial charge in [-0.3, -0.25) is 9.59 Å². The van der Waals surface area contributed by atoms with Crippen LogP contribution in [0.4, 0.5) is 0 Å². The van der Waals surface area contributed by atoms with E-state index in [1.165, 1.54) is 14.2 Å². The Morgan fingerprint density at radius 3 is 2.46 bits per heavy atom. The van der Waals surface area contributed by atoms with E-state index >= 15 is 0 Å². The van der Waals surface area contributed by atoms with E-state index in [1.54, 1.807) is 18.2 Å². The molecule has 1 N–H and O–H groups in total. The molecule has 0 saturated carbocycles. The molecule has 0 fully saturated rings. The zero-order chi connectivity index (χ0) is 20.6. The molecule has 0 aliphatic carbocycles. The molecule has 0 radical (unpaired) electrons. The van der Waals surface area contributed by atoms with Crippen LogP contribution in [-0.2, 0) is 24.3 Å². The van der Waals surface area contributed by atoms with E-state index in [2.05, 4.69) is 10.1 Å². The molecule has 0 heterocycles. The Balaban J connectivity index is 1.83. The minimum atomic E-state index is -3.76. The predicted octanol–water partition coefficient (Wildman–Crippen LogP) is 2.31. The summed E-state index contributed by atoms with van der Waals surface area (Å²) in [4.78, 5) is 23.2. The molecule has 2 rings (SSSR count). The predicted molar refractivity (Wildman–Crippen MR) is 107 cm³/mol. The molecule has 0 saturated heterocycles. The summed E-state index contributed by atoms with van der Waals surface area (Å²) >= 11 is 0. The highest BCUT2D eigenvalue weighted by Gasteiger charge is 2.23. The highest BCUT2D eigenvalue weighted by Crippen LogP contribution is 2.21. The lowest BCUT2D eigenvalue weighted by Gasteiger charge is -2.17. The molecule has 0 unspecified atom stereocenters. The van der Waals surface area contributed by atoms with Gasteiger partial charge < -0.3 is 10.1 Å². The van der Waals surface area contributed by atoms with E-state index < -0.39 is 10.0 Å². The average molecular weight is 407 g/mol. The van der Waals surface area contributed by atoms with Crippen LogP contribution in [0.15, 0.2) is 47.4 Å². The first-order chi connectivity index (χ1) is 13.3. The minimum absolute atomic E-state index is 0.157. The lowest BCUT2D eigenvalue weighted by atomic mass is 10.1. The van der Waals surface area contributed by atoms with Gasteiger partial charge in [0.25, 0.3) is 0 Å². The molecule has 2 aromatic carbocycles. The first-order valence-electron chi connectivity index (χ1n) is 9.13. The summed E-state index contributed by atoms with van der Waals surface area (Å²) in [5.74, 6) is -0.607. The van der Waals surface area contributed by atoms with Crippen LogP contribution in [0.3, 0.4) is 0 Å². The Morgan fingerprint density at radius 1 is 1.04 bits per heavy atom. The smallest absolute Gasteiger partial charge is 0.305 e. The van der Waals surface area contributed by atoms with Crippen molar-refractivity contribution in [2.45, 2.75) is 30.6 Å². The van der Waals surface area contributed by atoms with Crippen molar-refractivity contribution in [1.82, 2.24) is 9.62 Å². The lowest BCUT2D eigenvalue weighted by Crippen LogP contribution is -2.38. The van der Waals surface area contributed by atoms with E-state index in [4.69, 9.17) is 0 Å². The lowest BCUT2D eigenvalue weighted by molar-refractivity contribution is -0.140. The second kappa shape index (κ2) is 10.2. The van der Waals surface area contributed by atoms with Crippen LogP contribution in [-0.4, -0.2) is 51.8 Å². The standard InChI is InChI=1S/C20H26N2O5S/c1-22(15-19(23)21-13-7-3-4-10-20(24)27-2)28(25,26)18-12-11-16-8-5-6-9-17(16)14-18/h5-6,8-9,11-12,14H,3-4,7,10,13,15H2,1-2H3,(H,21,23). The number of esters is 1. The van der Waals surface area contributed by atoms with Gasteiger partial charge in [0.15, 0.2) is 0 Å². The highest BCUT2D eigenvalue weighted by atomic mass is 32.2. The van der Waals surface area contributed by atoms with Gasteiger partial charge in [0.1, 0.15) is 0 Å². The maximum absolute atomic E-state index is 12.7. The van der Waals surface area contributed by atoms with Crippen molar-refractivity contribution in [3.63, 3.8) is 0 Å². The van der Waals surface area contributed by atoms with Gasteiger partial charge in [-0.25, -0.2) is 8.42 Å². The number of carbonyl (C=O) groups excluding carboxylic acids is 2. The fourth-order valence-corrected chi connectivity index (χ4v) is 3.91. The van der Waals surface area contributed by atoms with Gasteiger partial charge in [0, 0.05) is 20.0 Å². The molecular formula is C20H26N2O5S. The first kappa shape index (κ1) is 21.8. The number of rotatable bonds is 10. The Kier molecular flexibility index (Phi) is 7.95. The van der Waals surface area contributed by atoms with Crippen molar-refractivity contribution < 1.29 is 22.7 Å². The second-order valence-corrected chi connectivity index (χ2v) is 8.55. The van der Waals surface area contributed by atoms with Crippen molar-refractivity contribution in [1.29, 1.82) is 0 Å². The molecule has 0 spiro atoms. The summed E-state index contributed by atoms with van der Waals surface area (Å²) in [6, 6.07) is 12.4. The SMILES string of the molecule is COC(=O)CCCCCNC(=O)CN(C)S(=O)(=O)c1ccc2ccccc2c1. The van der Waals surface area contributed by atoms with Crippen LogP contribution in [0.5, 0.6) is 0 Å². The van der Waals surface area contributed by atoms with Crippen LogP contribution in [0.1, 0.15) is 25.7 Å². The molecule has 2 aromatic rings. The molecule has 0 aromatic heterocycles. The zero-order valence-corrected chi connectivity index (χ0v) is 17.0. The number of likely N-dealkylation sites (N-methyl/N-ethyl adjacent to an activating group) is 1. The molecule has 1 amide bonds. The number of sulfonamides is 1. The van der Waals surface area contributed by atoms with Crippen molar-refractivity contribution in [2.24, 2.45) is 0 Å². The van der Waals surface area contributed by atoms with Gasteiger partial charge in [-0.2, -0.15) is 4.31 Å². The summed E-state index contributed by atoms with van der Waals surface area (Å²) in [7, 11) is -1.01. The van der Waals surface area contributed by atoms with Crippen LogP contribution in [0.25, 0.3) is 10.8 Å². The van der Waals surface area contributed by atoms with Crippen molar-refractivity contribution in [3.8, 4) is 0 Å². The number of ether oxygens (including phenoxy) is 1. The third-order valence-electron chi connectivity index (χ3n) is 4.40. The maximum atomic E-state index is 12.7. The number of carbonyl (C=O) groups is 2. The van der Waals surface area contributed by atoms with Crippen LogP contribution in [0, 0.1) is 0 Å². The van der Waals surface area contributed by atoms with Gasteiger partial charge in [-0.05, 0) is 35.7 Å². The Labute approximate surface area is 165 Å². The number of unbranched alkanes of at least 4 members (excludes halogenated alkanes) is 2. The molecule has 7 nitrogen and oxygen atoms in total. The van der Waals surface area contributed by atoms with Crippen LogP contribution < -0.4 is 5.32 Å². The maximum Gasteiger partial charge on any atom is 0.305 e. The molecule has 0 aliphatic heterocycles. The number of fused-ring (bicyclic) bond motifs is 1. The molecule has 0 aliphatic rings. The van der Waals surface area contributed by atoms with Crippen molar-refractivity contribution in [2.75, 3.05) is 27.2 Å². The van der Waals surface area contributed by atoms with E-state index in [9.17, 15) is 18.0 Å². The molecule has 0 atom stereocenters. The summed E-state index contributed by atoms with van der Waals surface area (Å²) in [5, 5.41) is 4.49. The van der Waals surface area contributed by atoms with Gasteiger partial charge in [-0.1, -0.05) is 36.8 Å². The fraction of sp³-hybridized carbons (Fsp3) is 0.400. The zero-order valence-electron chi connectivity index (χ0n) is 16.2. The van der Waals surface area contributed by atoms with E-state index in [1.807, 2.05) is 24.3 Å². The Hall–Kier alpha value is -2.45. The monoisotopic (exact) mass is 406 g/mol. The van der Waals surface area contributed by atoms with E-state index in [0.29, 0.717) is 25.8 Å². The number of hydrogen-bond acceptors (Lipinski definition) is 5. The van der Waals surface area contributed by atoms with Crippen molar-refractivity contribution in [3.05, 3.63) is 42.5 Å². The third kappa shape index (κ3) is 6.03. The van der Waals surface area contributed by atoms with Crippen molar-refractivity contribution >= 4 is 32.7 Å². The number of nitrogens with one attached hydrogen (secondary N) is 1. The Morgan fingerprint density at radius 2 is 1.75 bits per heavy atom. The molecular weight excluding hydrogens is 380 g/mol. The molecule has 8 heteroatoms. The highest BCUT2D eigenvalue weighted by molar-refractivity contribution is 7.89. The molecule has 152 valence electrons. The van der Waals surface area contributed by atoms with Crippen LogP contribution in [0.2, 0.25) is 0 Å². The van der Waals surface area contributed by atoms with Gasteiger partial charge in [-0.15, -0.1) is 0 Å². The van der Waals surface area contributed by atoms with Crippen LogP contribution >= 0.6 is 0 Å². The van der Waals surface area contributed by atoms with Gasteiger partial charge in [0.2, 0.25) is 15.9 Å². The minimum Gasteiger partial charge on any atom is -0.469 e. The number of nitrogens with zero attached hydrogens (tertiary/aromatic N) is 1. The molecule has 0 bridgehead atoms. The number of hydrogen-bond donors (Lipinski definition) is 1. The van der Waals surface area contributed by atoms with E-state index in [-0.39, 0.29) is 23.3 Å². The van der Waals surface area contributed by atoms with Gasteiger partial charge in [0.05, 0.1) is 18.6 Å².